The highest BCUT2D eigenvalue weighted by Crippen LogP contribution is 2.08. The van der Waals surface area contributed by atoms with Crippen molar-refractivity contribution in [3.63, 3.8) is 0 Å². The van der Waals surface area contributed by atoms with Gasteiger partial charge < -0.3 is 9.67 Å². The quantitative estimate of drug-likeness (QED) is 0.670. The monoisotopic (exact) mass is 261 g/mol. The lowest BCUT2D eigenvalue weighted by Crippen LogP contribution is -2.14. The number of phenolic OH excluding ortho intramolecular Hbond substituents is 1. The molecule has 0 atom stereocenters. The summed E-state index contributed by atoms with van der Waals surface area (Å²) in [5.41, 5.74) is 2.02. The SMILES string of the molecule is CCn1c(C)cs/c1=N/N=C/c1cccc(O)c1. The molecule has 1 aromatic carbocycles. The number of benzene rings is 1. The molecule has 2 rings (SSSR count). The highest BCUT2D eigenvalue weighted by atomic mass is 32.1. The first-order chi connectivity index (χ1) is 8.70. The molecule has 18 heavy (non-hydrogen) atoms. The van der Waals surface area contributed by atoms with Crippen LogP contribution in [0.25, 0.3) is 0 Å². The molecular formula is C13H15N3OS. The van der Waals surface area contributed by atoms with Crippen LogP contribution < -0.4 is 4.80 Å². The van der Waals surface area contributed by atoms with Gasteiger partial charge in [0.1, 0.15) is 5.75 Å². The summed E-state index contributed by atoms with van der Waals surface area (Å²) in [6.07, 6.45) is 1.63. The number of phenols is 1. The lowest BCUT2D eigenvalue weighted by Gasteiger charge is -1.98. The highest BCUT2D eigenvalue weighted by Gasteiger charge is 1.97. The average molecular weight is 261 g/mol. The minimum absolute atomic E-state index is 0.231. The second-order valence-corrected chi connectivity index (χ2v) is 4.68. The number of thiazole rings is 1. The maximum absolute atomic E-state index is 9.32. The van der Waals surface area contributed by atoms with Crippen LogP contribution in [0.1, 0.15) is 18.2 Å². The highest BCUT2D eigenvalue weighted by molar-refractivity contribution is 7.07. The maximum atomic E-state index is 9.32. The molecule has 0 radical (unpaired) electrons. The zero-order valence-corrected chi connectivity index (χ0v) is 11.2. The predicted molar refractivity (Wildman–Crippen MR) is 74.0 cm³/mol. The van der Waals surface area contributed by atoms with Crippen molar-refractivity contribution in [2.75, 3.05) is 0 Å². The summed E-state index contributed by atoms with van der Waals surface area (Å²) in [7, 11) is 0. The first-order valence-electron chi connectivity index (χ1n) is 5.71. The van der Waals surface area contributed by atoms with E-state index in [4.69, 9.17) is 0 Å². The van der Waals surface area contributed by atoms with Gasteiger partial charge in [0.05, 0.1) is 6.21 Å². The van der Waals surface area contributed by atoms with Gasteiger partial charge in [-0.1, -0.05) is 12.1 Å². The van der Waals surface area contributed by atoms with Crippen LogP contribution in [-0.4, -0.2) is 15.9 Å². The van der Waals surface area contributed by atoms with Crippen LogP contribution in [0.3, 0.4) is 0 Å². The average Bonchev–Trinajstić information content (AvgIpc) is 2.70. The van der Waals surface area contributed by atoms with Crippen molar-refractivity contribution in [1.29, 1.82) is 0 Å². The van der Waals surface area contributed by atoms with Crippen molar-refractivity contribution in [3.05, 3.63) is 45.7 Å². The molecule has 0 aliphatic heterocycles. The molecule has 4 nitrogen and oxygen atoms in total. The predicted octanol–water partition coefficient (Wildman–Crippen LogP) is 2.52. The van der Waals surface area contributed by atoms with Crippen molar-refractivity contribution in [2.24, 2.45) is 10.2 Å². The van der Waals surface area contributed by atoms with E-state index in [1.165, 1.54) is 5.69 Å². The molecule has 94 valence electrons. The zero-order valence-electron chi connectivity index (χ0n) is 10.4. The van der Waals surface area contributed by atoms with Crippen LogP contribution in [0.5, 0.6) is 5.75 Å². The Labute approximate surface area is 110 Å². The summed E-state index contributed by atoms with van der Waals surface area (Å²) >= 11 is 1.57. The summed E-state index contributed by atoms with van der Waals surface area (Å²) < 4.78 is 2.10. The first kappa shape index (κ1) is 12.6. The summed E-state index contributed by atoms with van der Waals surface area (Å²) in [5.74, 6) is 0.231. The standard InChI is InChI=1S/C13H15N3OS/c1-3-16-10(2)9-18-13(16)15-14-8-11-5-4-6-12(17)7-11/h4-9,17H,3H2,1-2H3/b14-8+,15-13+. The second-order valence-electron chi connectivity index (χ2n) is 3.84. The number of aromatic hydroxyl groups is 1. The van der Waals surface area contributed by atoms with Gasteiger partial charge in [-0.25, -0.2) is 0 Å². The lowest BCUT2D eigenvalue weighted by atomic mass is 10.2. The minimum atomic E-state index is 0.231. The third-order valence-electron chi connectivity index (χ3n) is 2.53. The molecule has 0 amide bonds. The van der Waals surface area contributed by atoms with Gasteiger partial charge in [0.15, 0.2) is 0 Å². The molecule has 1 heterocycles. The fourth-order valence-corrected chi connectivity index (χ4v) is 2.53. The van der Waals surface area contributed by atoms with E-state index in [0.717, 1.165) is 16.9 Å². The Morgan fingerprint density at radius 2 is 2.28 bits per heavy atom. The summed E-state index contributed by atoms with van der Waals surface area (Å²) in [5, 5.41) is 19.6. The Kier molecular flexibility index (Phi) is 3.94. The van der Waals surface area contributed by atoms with Gasteiger partial charge in [-0.05, 0) is 31.5 Å². The van der Waals surface area contributed by atoms with Gasteiger partial charge in [-0.3, -0.25) is 0 Å². The molecule has 0 aliphatic rings. The Morgan fingerprint density at radius 3 is 3.00 bits per heavy atom. The Hall–Kier alpha value is -1.88. The number of hydrogen-bond donors (Lipinski definition) is 1. The van der Waals surface area contributed by atoms with E-state index < -0.39 is 0 Å². The number of rotatable bonds is 3. The largest absolute Gasteiger partial charge is 0.508 e. The lowest BCUT2D eigenvalue weighted by molar-refractivity contribution is 0.475. The third-order valence-corrected chi connectivity index (χ3v) is 3.50. The van der Waals surface area contributed by atoms with E-state index in [1.807, 2.05) is 6.07 Å². The van der Waals surface area contributed by atoms with Crippen LogP contribution >= 0.6 is 11.3 Å². The molecule has 0 unspecified atom stereocenters. The molecule has 5 heteroatoms. The zero-order chi connectivity index (χ0) is 13.0. The molecule has 2 aromatic rings. The van der Waals surface area contributed by atoms with E-state index in [1.54, 1.807) is 35.8 Å². The Bertz CT molecular complexity index is 625. The summed E-state index contributed by atoms with van der Waals surface area (Å²) in [6, 6.07) is 6.92. The van der Waals surface area contributed by atoms with Crippen LogP contribution in [0, 0.1) is 6.92 Å². The van der Waals surface area contributed by atoms with Crippen molar-refractivity contribution >= 4 is 17.6 Å². The Morgan fingerprint density at radius 1 is 1.44 bits per heavy atom. The van der Waals surface area contributed by atoms with Gasteiger partial charge in [0, 0.05) is 17.6 Å². The molecular weight excluding hydrogens is 246 g/mol. The number of aromatic nitrogens is 1. The van der Waals surface area contributed by atoms with Gasteiger partial charge in [0.25, 0.3) is 0 Å². The maximum Gasteiger partial charge on any atom is 0.210 e. The van der Waals surface area contributed by atoms with E-state index in [-0.39, 0.29) is 5.75 Å². The second kappa shape index (κ2) is 5.64. The number of hydrogen-bond acceptors (Lipinski definition) is 4. The molecule has 0 saturated heterocycles. The molecule has 1 aromatic heterocycles. The summed E-state index contributed by atoms with van der Waals surface area (Å²) in [4.78, 5) is 0.881. The third kappa shape index (κ3) is 2.87. The molecule has 0 saturated carbocycles. The summed E-state index contributed by atoms with van der Waals surface area (Å²) in [6.45, 7) is 5.02. The first-order valence-corrected chi connectivity index (χ1v) is 6.59. The van der Waals surface area contributed by atoms with Gasteiger partial charge in [-0.15, -0.1) is 16.4 Å². The smallest absolute Gasteiger partial charge is 0.210 e. The van der Waals surface area contributed by atoms with Gasteiger partial charge in [-0.2, -0.15) is 5.10 Å². The molecule has 0 fully saturated rings. The fourth-order valence-electron chi connectivity index (χ4n) is 1.63. The fraction of sp³-hybridized carbons (Fsp3) is 0.231. The van der Waals surface area contributed by atoms with Crippen molar-refractivity contribution in [3.8, 4) is 5.75 Å². The minimum Gasteiger partial charge on any atom is -0.508 e. The van der Waals surface area contributed by atoms with E-state index in [0.29, 0.717) is 0 Å². The molecule has 0 bridgehead atoms. The van der Waals surface area contributed by atoms with Crippen molar-refractivity contribution in [1.82, 2.24) is 4.57 Å². The van der Waals surface area contributed by atoms with E-state index in [2.05, 4.69) is 34.0 Å². The van der Waals surface area contributed by atoms with Gasteiger partial charge in [0.2, 0.25) is 4.80 Å². The van der Waals surface area contributed by atoms with E-state index in [9.17, 15) is 5.11 Å². The van der Waals surface area contributed by atoms with Crippen LogP contribution in [0.4, 0.5) is 0 Å². The van der Waals surface area contributed by atoms with Gasteiger partial charge >= 0.3 is 0 Å². The van der Waals surface area contributed by atoms with E-state index >= 15 is 0 Å². The van der Waals surface area contributed by atoms with Crippen LogP contribution in [0.2, 0.25) is 0 Å². The topological polar surface area (TPSA) is 49.9 Å². The molecule has 0 aliphatic carbocycles. The normalized spacial score (nSPS) is 12.4. The number of nitrogens with zero attached hydrogens (tertiary/aromatic N) is 3. The van der Waals surface area contributed by atoms with Crippen molar-refractivity contribution < 1.29 is 5.11 Å². The Balaban J connectivity index is 2.25. The number of aryl methyl sites for hydroxylation is 1. The van der Waals surface area contributed by atoms with Crippen LogP contribution in [-0.2, 0) is 6.54 Å². The van der Waals surface area contributed by atoms with Crippen LogP contribution in [0.15, 0.2) is 39.8 Å². The van der Waals surface area contributed by atoms with Crippen molar-refractivity contribution in [2.45, 2.75) is 20.4 Å². The molecule has 1 N–H and O–H groups in total. The molecule has 0 spiro atoms.